The van der Waals surface area contributed by atoms with Crippen LogP contribution in [0.4, 0.5) is 0 Å². The van der Waals surface area contributed by atoms with Gasteiger partial charge in [0.05, 0.1) is 6.54 Å². The van der Waals surface area contributed by atoms with Gasteiger partial charge in [-0.25, -0.2) is 9.97 Å². The average molecular weight is 261 g/mol. The maximum absolute atomic E-state index is 4.40. The third-order valence-corrected chi connectivity index (χ3v) is 3.41. The van der Waals surface area contributed by atoms with Gasteiger partial charge >= 0.3 is 0 Å². The first-order chi connectivity index (χ1) is 9.20. The van der Waals surface area contributed by atoms with Gasteiger partial charge < -0.3 is 9.13 Å². The van der Waals surface area contributed by atoms with Crippen molar-refractivity contribution in [1.29, 1.82) is 0 Å². The summed E-state index contributed by atoms with van der Waals surface area (Å²) >= 11 is 0. The fraction of sp³-hybridized carbons (Fsp3) is 0.571. The van der Waals surface area contributed by atoms with Gasteiger partial charge in [-0.3, -0.25) is 4.90 Å². The van der Waals surface area contributed by atoms with Crippen molar-refractivity contribution >= 4 is 0 Å². The first-order valence-corrected chi connectivity index (χ1v) is 6.85. The largest absolute Gasteiger partial charge is 0.338 e. The van der Waals surface area contributed by atoms with Gasteiger partial charge in [-0.2, -0.15) is 0 Å². The fourth-order valence-corrected chi connectivity index (χ4v) is 2.24. The lowest BCUT2D eigenvalue weighted by Crippen LogP contribution is -2.22. The molecule has 2 heterocycles. The number of imidazole rings is 2. The molecule has 0 bridgehead atoms. The van der Waals surface area contributed by atoms with Crippen molar-refractivity contribution in [3.63, 3.8) is 0 Å². The molecule has 2 rings (SSSR count). The molecule has 0 aliphatic carbocycles. The highest BCUT2D eigenvalue weighted by Crippen LogP contribution is 2.04. The third-order valence-electron chi connectivity index (χ3n) is 3.41. The molecule has 104 valence electrons. The Balaban J connectivity index is 1.76. The van der Waals surface area contributed by atoms with Gasteiger partial charge in [0.2, 0.25) is 0 Å². The lowest BCUT2D eigenvalue weighted by molar-refractivity contribution is 0.308. The molecule has 19 heavy (non-hydrogen) atoms. The predicted molar refractivity (Wildman–Crippen MR) is 75.8 cm³/mol. The summed E-state index contributed by atoms with van der Waals surface area (Å²) in [5.41, 5.74) is 0. The van der Waals surface area contributed by atoms with Crippen molar-refractivity contribution in [2.45, 2.75) is 32.9 Å². The molecular formula is C14H23N5. The maximum Gasteiger partial charge on any atom is 0.122 e. The molecule has 2 aromatic heterocycles. The van der Waals surface area contributed by atoms with Gasteiger partial charge in [-0.05, 0) is 26.9 Å². The number of aromatic nitrogens is 4. The van der Waals surface area contributed by atoms with Crippen molar-refractivity contribution in [3.05, 3.63) is 36.4 Å². The highest BCUT2D eigenvalue weighted by molar-refractivity contribution is 4.93. The highest BCUT2D eigenvalue weighted by Gasteiger charge is 2.06. The molecule has 0 saturated carbocycles. The van der Waals surface area contributed by atoms with Gasteiger partial charge in [0.15, 0.2) is 0 Å². The Morgan fingerprint density at radius 3 is 2.58 bits per heavy atom. The predicted octanol–water partition coefficient (Wildman–Crippen LogP) is 1.70. The SMILES string of the molecule is CCn1ccnc1CN(C)CCCc1nccn1C. The van der Waals surface area contributed by atoms with E-state index in [0.29, 0.717) is 0 Å². The Labute approximate surface area is 114 Å². The lowest BCUT2D eigenvalue weighted by atomic mass is 10.3. The minimum absolute atomic E-state index is 0.904. The molecule has 0 aliphatic rings. The van der Waals surface area contributed by atoms with Gasteiger partial charge in [-0.15, -0.1) is 0 Å². The van der Waals surface area contributed by atoms with Crippen LogP contribution >= 0.6 is 0 Å². The van der Waals surface area contributed by atoms with Crippen LogP contribution in [-0.2, 0) is 26.6 Å². The second-order valence-electron chi connectivity index (χ2n) is 4.93. The second-order valence-corrected chi connectivity index (χ2v) is 4.93. The number of rotatable bonds is 7. The van der Waals surface area contributed by atoms with E-state index in [4.69, 9.17) is 0 Å². The standard InChI is InChI=1S/C14H23N5/c1-4-19-11-8-16-14(19)12-17(2)9-5-6-13-15-7-10-18(13)3/h7-8,10-11H,4-6,9,12H2,1-3H3. The number of aryl methyl sites for hydroxylation is 3. The summed E-state index contributed by atoms with van der Waals surface area (Å²) in [5.74, 6) is 2.30. The Morgan fingerprint density at radius 2 is 1.89 bits per heavy atom. The highest BCUT2D eigenvalue weighted by atomic mass is 15.2. The molecule has 0 amide bonds. The summed E-state index contributed by atoms with van der Waals surface area (Å²) in [7, 11) is 4.19. The first-order valence-electron chi connectivity index (χ1n) is 6.85. The zero-order valence-electron chi connectivity index (χ0n) is 12.1. The Kier molecular flexibility index (Phi) is 4.74. The molecule has 0 N–H and O–H groups in total. The van der Waals surface area contributed by atoms with Crippen LogP contribution in [0.1, 0.15) is 25.0 Å². The monoisotopic (exact) mass is 261 g/mol. The van der Waals surface area contributed by atoms with Crippen LogP contribution in [0.25, 0.3) is 0 Å². The van der Waals surface area contributed by atoms with Crippen molar-refractivity contribution in [1.82, 2.24) is 24.0 Å². The van der Waals surface area contributed by atoms with E-state index >= 15 is 0 Å². The van der Waals surface area contributed by atoms with Crippen LogP contribution in [0, 0.1) is 0 Å². The minimum atomic E-state index is 0.904. The van der Waals surface area contributed by atoms with E-state index in [-0.39, 0.29) is 0 Å². The minimum Gasteiger partial charge on any atom is -0.338 e. The molecule has 5 nitrogen and oxygen atoms in total. The smallest absolute Gasteiger partial charge is 0.122 e. The van der Waals surface area contributed by atoms with E-state index in [2.05, 4.69) is 38.0 Å². The summed E-state index contributed by atoms with van der Waals surface area (Å²) in [5, 5.41) is 0. The first kappa shape index (κ1) is 13.8. The summed E-state index contributed by atoms with van der Waals surface area (Å²) in [4.78, 5) is 11.1. The van der Waals surface area contributed by atoms with E-state index in [9.17, 15) is 0 Å². The molecule has 5 heteroatoms. The van der Waals surface area contributed by atoms with Gasteiger partial charge in [0.25, 0.3) is 0 Å². The van der Waals surface area contributed by atoms with Crippen molar-refractivity contribution < 1.29 is 0 Å². The van der Waals surface area contributed by atoms with E-state index in [1.165, 1.54) is 0 Å². The van der Waals surface area contributed by atoms with E-state index in [1.807, 2.05) is 31.8 Å². The summed E-state index contributed by atoms with van der Waals surface area (Å²) in [6.07, 6.45) is 9.91. The molecule has 2 aromatic rings. The van der Waals surface area contributed by atoms with E-state index < -0.39 is 0 Å². The van der Waals surface area contributed by atoms with Crippen LogP contribution in [0.2, 0.25) is 0 Å². The Morgan fingerprint density at radius 1 is 1.16 bits per heavy atom. The number of hydrogen-bond acceptors (Lipinski definition) is 3. The fourth-order valence-electron chi connectivity index (χ4n) is 2.24. The van der Waals surface area contributed by atoms with Crippen LogP contribution in [0.3, 0.4) is 0 Å². The normalized spacial score (nSPS) is 11.4. The Hall–Kier alpha value is -1.62. The van der Waals surface area contributed by atoms with Crippen LogP contribution in [0.5, 0.6) is 0 Å². The molecular weight excluding hydrogens is 238 g/mol. The summed E-state index contributed by atoms with van der Waals surface area (Å²) in [6, 6.07) is 0. The topological polar surface area (TPSA) is 38.9 Å². The molecule has 0 fully saturated rings. The van der Waals surface area contributed by atoms with Gasteiger partial charge in [0, 0.05) is 44.8 Å². The average Bonchev–Trinajstić information content (AvgIpc) is 2.99. The molecule has 0 atom stereocenters. The molecule has 0 saturated heterocycles. The van der Waals surface area contributed by atoms with Crippen LogP contribution in [0.15, 0.2) is 24.8 Å². The molecule has 0 unspecified atom stereocenters. The Bertz CT molecular complexity index is 499. The van der Waals surface area contributed by atoms with Crippen molar-refractivity contribution in [2.75, 3.05) is 13.6 Å². The number of hydrogen-bond donors (Lipinski definition) is 0. The third kappa shape index (κ3) is 3.67. The van der Waals surface area contributed by atoms with Gasteiger partial charge in [0.1, 0.15) is 11.6 Å². The molecule has 0 aliphatic heterocycles. The summed E-state index contributed by atoms with van der Waals surface area (Å²) < 4.78 is 4.28. The molecule has 0 spiro atoms. The summed E-state index contributed by atoms with van der Waals surface area (Å²) in [6.45, 7) is 5.09. The molecule has 0 radical (unpaired) electrons. The van der Waals surface area contributed by atoms with Gasteiger partial charge in [-0.1, -0.05) is 0 Å². The lowest BCUT2D eigenvalue weighted by Gasteiger charge is -2.16. The number of nitrogens with zero attached hydrogens (tertiary/aromatic N) is 5. The zero-order valence-corrected chi connectivity index (χ0v) is 12.1. The quantitative estimate of drug-likeness (QED) is 0.761. The van der Waals surface area contributed by atoms with Crippen molar-refractivity contribution in [3.8, 4) is 0 Å². The maximum atomic E-state index is 4.40. The zero-order chi connectivity index (χ0) is 13.7. The second kappa shape index (κ2) is 6.52. The van der Waals surface area contributed by atoms with Crippen LogP contribution in [-0.4, -0.2) is 37.6 Å². The van der Waals surface area contributed by atoms with Crippen molar-refractivity contribution in [2.24, 2.45) is 7.05 Å². The van der Waals surface area contributed by atoms with E-state index in [0.717, 1.165) is 44.1 Å². The van der Waals surface area contributed by atoms with E-state index in [1.54, 1.807) is 0 Å². The van der Waals surface area contributed by atoms with Crippen LogP contribution < -0.4 is 0 Å². The molecule has 0 aromatic carbocycles.